The molecule has 0 saturated carbocycles. The molecule has 2 aliphatic heterocycles. The van der Waals surface area contributed by atoms with Crippen molar-refractivity contribution in [2.75, 3.05) is 22.6 Å². The molecule has 2 aromatic rings. The van der Waals surface area contributed by atoms with Crippen molar-refractivity contribution in [3.8, 4) is 0 Å². The lowest BCUT2D eigenvalue weighted by Gasteiger charge is -2.22. The van der Waals surface area contributed by atoms with Crippen LogP contribution in [0.4, 0.5) is 17.2 Å². The van der Waals surface area contributed by atoms with Gasteiger partial charge in [-0.3, -0.25) is 14.6 Å². The third kappa shape index (κ3) is 1.84. The number of H-pyrrole nitrogens is 2. The van der Waals surface area contributed by atoms with Crippen molar-refractivity contribution in [1.82, 2.24) is 9.97 Å². The molecular formula is C14H13N5O2S. The highest BCUT2D eigenvalue weighted by Gasteiger charge is 2.31. The predicted molar refractivity (Wildman–Crippen MR) is 85.8 cm³/mol. The summed E-state index contributed by atoms with van der Waals surface area (Å²) in [4.78, 5) is 30.9. The highest BCUT2D eigenvalue weighted by molar-refractivity contribution is 7.71. The van der Waals surface area contributed by atoms with E-state index >= 15 is 0 Å². The van der Waals surface area contributed by atoms with E-state index in [-0.39, 0.29) is 17.6 Å². The number of aromatic nitrogens is 2. The Kier molecular flexibility index (Phi) is 2.64. The Morgan fingerprint density at radius 1 is 1.27 bits per heavy atom. The molecular weight excluding hydrogens is 302 g/mol. The van der Waals surface area contributed by atoms with E-state index in [1.54, 1.807) is 0 Å². The number of carbonyl (C=O) groups excluding carboxylic acids is 1. The van der Waals surface area contributed by atoms with Gasteiger partial charge in [0.25, 0.3) is 5.56 Å². The molecule has 2 aliphatic rings. The smallest absolute Gasteiger partial charge is 0.277 e. The number of rotatable bonds is 1. The molecule has 3 heterocycles. The van der Waals surface area contributed by atoms with Gasteiger partial charge in [0.15, 0.2) is 4.77 Å². The number of hydrogen-bond donors (Lipinski definition) is 4. The summed E-state index contributed by atoms with van der Waals surface area (Å²) in [6.45, 7) is 0. The van der Waals surface area contributed by atoms with E-state index in [0.29, 0.717) is 22.7 Å². The summed E-state index contributed by atoms with van der Waals surface area (Å²) in [7, 11) is 1.88. The number of anilines is 3. The summed E-state index contributed by atoms with van der Waals surface area (Å²) in [5.74, 6) is 0.659. The third-order valence-corrected chi connectivity index (χ3v) is 4.22. The predicted octanol–water partition coefficient (Wildman–Crippen LogP) is 1.49. The maximum Gasteiger partial charge on any atom is 0.277 e. The monoisotopic (exact) mass is 315 g/mol. The van der Waals surface area contributed by atoms with Gasteiger partial charge in [-0.05, 0) is 29.4 Å². The van der Waals surface area contributed by atoms with Crippen LogP contribution in [0, 0.1) is 4.77 Å². The second kappa shape index (κ2) is 4.44. The van der Waals surface area contributed by atoms with Crippen LogP contribution in [-0.2, 0) is 11.2 Å². The number of amides is 1. The molecule has 0 aliphatic carbocycles. The Balaban J connectivity index is 1.76. The minimum atomic E-state index is -0.248. The molecule has 4 N–H and O–H groups in total. The number of benzene rings is 1. The first-order valence-corrected chi connectivity index (χ1v) is 7.22. The lowest BCUT2D eigenvalue weighted by Crippen LogP contribution is -2.24. The van der Waals surface area contributed by atoms with Crippen LogP contribution in [0.5, 0.6) is 0 Å². The maximum absolute atomic E-state index is 12.0. The fourth-order valence-corrected chi connectivity index (χ4v) is 3.13. The van der Waals surface area contributed by atoms with Crippen LogP contribution < -0.4 is 21.1 Å². The van der Waals surface area contributed by atoms with Gasteiger partial charge in [-0.15, -0.1) is 0 Å². The van der Waals surface area contributed by atoms with Gasteiger partial charge in [0.1, 0.15) is 17.7 Å². The van der Waals surface area contributed by atoms with E-state index in [9.17, 15) is 9.59 Å². The molecule has 0 radical (unpaired) electrons. The largest absolute Gasteiger partial charge is 0.354 e. The van der Waals surface area contributed by atoms with Crippen LogP contribution in [0.3, 0.4) is 0 Å². The maximum atomic E-state index is 12.0. The number of aromatic amines is 2. The molecule has 1 atom stereocenters. The van der Waals surface area contributed by atoms with Crippen molar-refractivity contribution in [2.24, 2.45) is 0 Å². The van der Waals surface area contributed by atoms with E-state index in [1.807, 2.05) is 30.1 Å². The first-order chi connectivity index (χ1) is 10.5. The molecule has 0 fully saturated rings. The Labute approximate surface area is 130 Å². The third-order valence-electron chi connectivity index (χ3n) is 4.02. The fraction of sp³-hybridized carbons (Fsp3) is 0.214. The van der Waals surface area contributed by atoms with Gasteiger partial charge in [0.05, 0.1) is 6.42 Å². The van der Waals surface area contributed by atoms with Gasteiger partial charge < -0.3 is 20.5 Å². The van der Waals surface area contributed by atoms with Gasteiger partial charge in [0, 0.05) is 12.7 Å². The Hall–Kier alpha value is -2.61. The Morgan fingerprint density at radius 2 is 2.09 bits per heavy atom. The summed E-state index contributed by atoms with van der Waals surface area (Å²) in [6, 6.07) is 5.83. The first kappa shape index (κ1) is 13.1. The summed E-state index contributed by atoms with van der Waals surface area (Å²) in [5.41, 5.74) is 2.99. The summed E-state index contributed by atoms with van der Waals surface area (Å²) >= 11 is 5.01. The Bertz CT molecular complexity index is 916. The zero-order valence-electron chi connectivity index (χ0n) is 11.7. The van der Waals surface area contributed by atoms with Crippen LogP contribution in [0.1, 0.15) is 17.3 Å². The van der Waals surface area contributed by atoms with Gasteiger partial charge in [0.2, 0.25) is 5.91 Å². The molecule has 0 spiro atoms. The molecule has 0 saturated heterocycles. The molecule has 1 aromatic carbocycles. The second-order valence-corrected chi connectivity index (χ2v) is 5.84. The molecule has 1 unspecified atom stereocenters. The molecule has 1 aromatic heterocycles. The molecule has 7 nitrogen and oxygen atoms in total. The van der Waals surface area contributed by atoms with E-state index in [0.717, 1.165) is 16.8 Å². The average molecular weight is 315 g/mol. The molecule has 4 rings (SSSR count). The molecule has 0 bridgehead atoms. The van der Waals surface area contributed by atoms with Crippen LogP contribution in [-0.4, -0.2) is 22.9 Å². The van der Waals surface area contributed by atoms with E-state index < -0.39 is 0 Å². The molecule has 1 amide bonds. The van der Waals surface area contributed by atoms with Gasteiger partial charge in [-0.2, -0.15) is 0 Å². The van der Waals surface area contributed by atoms with Crippen LogP contribution in [0.15, 0.2) is 23.0 Å². The number of hydrogen-bond acceptors (Lipinski definition) is 5. The lowest BCUT2D eigenvalue weighted by molar-refractivity contribution is -0.115. The zero-order valence-corrected chi connectivity index (χ0v) is 12.5. The standard InChI is InChI=1S/C14H13N5O2S/c1-19-11(16-10-12(19)17-14(22)18-13(10)21)7-3-2-6-5-9(20)15-8(6)4-7/h2-4,11,16H,5H2,1H3,(H,15,20)(H2,17,18,21,22). The zero-order chi connectivity index (χ0) is 15.4. The van der Waals surface area contributed by atoms with Crippen molar-refractivity contribution in [3.05, 3.63) is 44.5 Å². The molecule has 112 valence electrons. The van der Waals surface area contributed by atoms with Crippen LogP contribution in [0.2, 0.25) is 0 Å². The van der Waals surface area contributed by atoms with E-state index in [2.05, 4.69) is 20.6 Å². The van der Waals surface area contributed by atoms with Crippen molar-refractivity contribution in [3.63, 3.8) is 0 Å². The normalized spacial score (nSPS) is 18.7. The summed E-state index contributed by atoms with van der Waals surface area (Å²) in [6.07, 6.45) is 0.211. The van der Waals surface area contributed by atoms with Crippen LogP contribution >= 0.6 is 12.2 Å². The second-order valence-electron chi connectivity index (χ2n) is 5.43. The minimum absolute atomic E-state index is 0.00342. The van der Waals surface area contributed by atoms with E-state index in [1.165, 1.54) is 0 Å². The average Bonchev–Trinajstić information content (AvgIpc) is 2.98. The first-order valence-electron chi connectivity index (χ1n) is 6.81. The number of nitrogens with zero attached hydrogens (tertiary/aromatic N) is 1. The SMILES string of the molecule is CN1c2[nH]c(=S)[nH]c(=O)c2NC1c1ccc2c(c1)NC(=O)C2. The number of carbonyl (C=O) groups is 1. The van der Waals surface area contributed by atoms with Crippen molar-refractivity contribution in [1.29, 1.82) is 0 Å². The van der Waals surface area contributed by atoms with Crippen molar-refractivity contribution in [2.45, 2.75) is 12.6 Å². The van der Waals surface area contributed by atoms with Gasteiger partial charge in [-0.1, -0.05) is 12.1 Å². The Morgan fingerprint density at radius 3 is 2.91 bits per heavy atom. The summed E-state index contributed by atoms with van der Waals surface area (Å²) in [5, 5.41) is 6.03. The van der Waals surface area contributed by atoms with Gasteiger partial charge in [-0.25, -0.2) is 0 Å². The quantitative estimate of drug-likeness (QED) is 0.598. The molecule has 8 heteroatoms. The topological polar surface area (TPSA) is 93.0 Å². The van der Waals surface area contributed by atoms with E-state index in [4.69, 9.17) is 12.2 Å². The highest BCUT2D eigenvalue weighted by Crippen LogP contribution is 2.37. The number of nitrogens with one attached hydrogen (secondary N) is 4. The lowest BCUT2D eigenvalue weighted by atomic mass is 10.1. The fourth-order valence-electron chi connectivity index (χ4n) is 2.94. The van der Waals surface area contributed by atoms with Gasteiger partial charge >= 0.3 is 0 Å². The minimum Gasteiger partial charge on any atom is -0.354 e. The summed E-state index contributed by atoms with van der Waals surface area (Å²) < 4.78 is 0.291. The number of fused-ring (bicyclic) bond motifs is 2. The molecule has 22 heavy (non-hydrogen) atoms. The highest BCUT2D eigenvalue weighted by atomic mass is 32.1. The van der Waals surface area contributed by atoms with Crippen molar-refractivity contribution >= 4 is 35.3 Å². The van der Waals surface area contributed by atoms with Crippen LogP contribution in [0.25, 0.3) is 0 Å². The van der Waals surface area contributed by atoms with Crippen molar-refractivity contribution < 1.29 is 4.79 Å².